The van der Waals surface area contributed by atoms with Crippen molar-refractivity contribution >= 4 is 5.91 Å². The number of nitrogens with one attached hydrogen (secondary N) is 1. The highest BCUT2D eigenvalue weighted by atomic mass is 16.5. The van der Waals surface area contributed by atoms with Gasteiger partial charge in [-0.2, -0.15) is 0 Å². The zero-order chi connectivity index (χ0) is 21.0. The number of methoxy groups -OCH3 is 1. The molecule has 152 valence electrons. The number of hydrogen-bond donors (Lipinski definition) is 1. The van der Waals surface area contributed by atoms with Crippen molar-refractivity contribution in [2.24, 2.45) is 0 Å². The summed E-state index contributed by atoms with van der Waals surface area (Å²) in [5.74, 6) is 1.85. The van der Waals surface area contributed by atoms with E-state index in [1.54, 1.807) is 14.0 Å². The molecule has 0 saturated carbocycles. The van der Waals surface area contributed by atoms with Crippen LogP contribution in [0.2, 0.25) is 0 Å². The number of carbonyl (C=O) groups excluding carboxylic acids is 1. The van der Waals surface area contributed by atoms with Gasteiger partial charge in [-0.25, -0.2) is 0 Å². The van der Waals surface area contributed by atoms with E-state index in [-0.39, 0.29) is 11.9 Å². The summed E-state index contributed by atoms with van der Waals surface area (Å²) in [6.45, 7) is 14.1. The molecule has 2 aromatic carbocycles. The van der Waals surface area contributed by atoms with E-state index in [0.29, 0.717) is 5.92 Å². The second-order valence-corrected chi connectivity index (χ2v) is 7.79. The molecule has 0 aromatic heterocycles. The highest BCUT2D eigenvalue weighted by Crippen LogP contribution is 2.32. The lowest BCUT2D eigenvalue weighted by molar-refractivity contribution is -0.127. The minimum Gasteiger partial charge on any atom is -0.496 e. The number of rotatable bonds is 7. The molecule has 0 aliphatic rings. The summed E-state index contributed by atoms with van der Waals surface area (Å²) < 4.78 is 11.4. The molecule has 2 rings (SSSR count). The first-order valence-corrected chi connectivity index (χ1v) is 9.87. The van der Waals surface area contributed by atoms with Crippen molar-refractivity contribution in [1.29, 1.82) is 0 Å². The van der Waals surface area contributed by atoms with Gasteiger partial charge in [0, 0.05) is 0 Å². The third-order valence-corrected chi connectivity index (χ3v) is 5.29. The largest absolute Gasteiger partial charge is 0.496 e. The van der Waals surface area contributed by atoms with Crippen LogP contribution in [0.5, 0.6) is 11.5 Å². The lowest BCUT2D eigenvalue weighted by Gasteiger charge is -2.23. The molecule has 0 aliphatic carbocycles. The summed E-state index contributed by atoms with van der Waals surface area (Å²) in [5.41, 5.74) is 5.54. The molecule has 0 saturated heterocycles. The molecule has 0 spiro atoms. The Balaban J connectivity index is 2.15. The second kappa shape index (κ2) is 9.13. The van der Waals surface area contributed by atoms with Gasteiger partial charge in [-0.1, -0.05) is 26.0 Å². The molecule has 4 heteroatoms. The van der Waals surface area contributed by atoms with E-state index >= 15 is 0 Å². The Bertz CT molecular complexity index is 842. The van der Waals surface area contributed by atoms with Crippen molar-refractivity contribution in [1.82, 2.24) is 5.32 Å². The standard InChI is InChI=1S/C24H33NO3/c1-14(2)20-13-21(16(4)12-23(20)27-8)18(6)25-24(26)19(7)28-22-11-9-10-15(3)17(22)5/h9-14,18-19H,1-8H3,(H,25,26)/t18-,19-/m0/s1. The van der Waals surface area contributed by atoms with Crippen molar-refractivity contribution in [2.75, 3.05) is 7.11 Å². The third-order valence-electron chi connectivity index (χ3n) is 5.29. The summed E-state index contributed by atoms with van der Waals surface area (Å²) in [7, 11) is 1.69. The molecule has 0 fully saturated rings. The van der Waals surface area contributed by atoms with E-state index in [2.05, 4.69) is 25.2 Å². The van der Waals surface area contributed by atoms with E-state index in [9.17, 15) is 4.79 Å². The molecule has 2 aromatic rings. The molecule has 1 N–H and O–H groups in total. The second-order valence-electron chi connectivity index (χ2n) is 7.79. The average molecular weight is 384 g/mol. The van der Waals surface area contributed by atoms with Crippen LogP contribution in [0, 0.1) is 20.8 Å². The van der Waals surface area contributed by atoms with Crippen LogP contribution in [0.15, 0.2) is 30.3 Å². The van der Waals surface area contributed by atoms with E-state index in [1.807, 2.05) is 52.0 Å². The molecule has 0 unspecified atom stereocenters. The maximum absolute atomic E-state index is 12.7. The van der Waals surface area contributed by atoms with E-state index in [4.69, 9.17) is 9.47 Å². The van der Waals surface area contributed by atoms with Gasteiger partial charge in [-0.05, 0) is 86.6 Å². The summed E-state index contributed by atoms with van der Waals surface area (Å²) >= 11 is 0. The van der Waals surface area contributed by atoms with Crippen LogP contribution in [0.25, 0.3) is 0 Å². The molecule has 0 bridgehead atoms. The number of amides is 1. The molecular formula is C24H33NO3. The zero-order valence-corrected chi connectivity index (χ0v) is 18.3. The van der Waals surface area contributed by atoms with Crippen molar-refractivity contribution < 1.29 is 14.3 Å². The van der Waals surface area contributed by atoms with Gasteiger partial charge in [0.15, 0.2) is 6.10 Å². The van der Waals surface area contributed by atoms with Gasteiger partial charge in [0.1, 0.15) is 11.5 Å². The highest BCUT2D eigenvalue weighted by molar-refractivity contribution is 5.81. The number of benzene rings is 2. The Labute approximate surface area is 169 Å². The molecule has 1 amide bonds. The summed E-state index contributed by atoms with van der Waals surface area (Å²) in [6, 6.07) is 9.94. The van der Waals surface area contributed by atoms with Crippen molar-refractivity contribution in [3.63, 3.8) is 0 Å². The van der Waals surface area contributed by atoms with Gasteiger partial charge in [-0.3, -0.25) is 4.79 Å². The van der Waals surface area contributed by atoms with Crippen molar-refractivity contribution in [3.8, 4) is 11.5 Å². The van der Waals surface area contributed by atoms with Crippen LogP contribution in [0.4, 0.5) is 0 Å². The summed E-state index contributed by atoms with van der Waals surface area (Å²) in [4.78, 5) is 12.7. The van der Waals surface area contributed by atoms with E-state index in [0.717, 1.165) is 39.3 Å². The maximum atomic E-state index is 12.7. The zero-order valence-electron chi connectivity index (χ0n) is 18.3. The lowest BCUT2D eigenvalue weighted by atomic mass is 9.93. The van der Waals surface area contributed by atoms with Gasteiger partial charge < -0.3 is 14.8 Å². The predicted molar refractivity (Wildman–Crippen MR) is 114 cm³/mol. The van der Waals surface area contributed by atoms with Crippen LogP contribution in [0.3, 0.4) is 0 Å². The van der Waals surface area contributed by atoms with Gasteiger partial charge in [-0.15, -0.1) is 0 Å². The Morgan fingerprint density at radius 2 is 1.61 bits per heavy atom. The topological polar surface area (TPSA) is 47.6 Å². The lowest BCUT2D eigenvalue weighted by Crippen LogP contribution is -2.38. The normalized spacial score (nSPS) is 13.2. The fraction of sp³-hybridized carbons (Fsp3) is 0.458. The third kappa shape index (κ3) is 4.86. The molecule has 2 atom stereocenters. The fourth-order valence-electron chi connectivity index (χ4n) is 3.31. The summed E-state index contributed by atoms with van der Waals surface area (Å²) in [5, 5.41) is 3.09. The van der Waals surface area contributed by atoms with Crippen LogP contribution >= 0.6 is 0 Å². The monoisotopic (exact) mass is 383 g/mol. The fourth-order valence-corrected chi connectivity index (χ4v) is 3.31. The smallest absolute Gasteiger partial charge is 0.261 e. The van der Waals surface area contributed by atoms with Crippen LogP contribution < -0.4 is 14.8 Å². The van der Waals surface area contributed by atoms with Crippen LogP contribution in [-0.2, 0) is 4.79 Å². The minimum absolute atomic E-state index is 0.124. The molecule has 28 heavy (non-hydrogen) atoms. The predicted octanol–water partition coefficient (Wildman–Crippen LogP) is 5.39. The van der Waals surface area contributed by atoms with Gasteiger partial charge >= 0.3 is 0 Å². The Kier molecular flexibility index (Phi) is 7.11. The first kappa shape index (κ1) is 21.8. The number of carbonyl (C=O) groups is 1. The average Bonchev–Trinajstić information content (AvgIpc) is 2.64. The van der Waals surface area contributed by atoms with Crippen molar-refractivity contribution in [2.45, 2.75) is 66.5 Å². The minimum atomic E-state index is -0.578. The van der Waals surface area contributed by atoms with E-state index < -0.39 is 6.10 Å². The molecule has 0 radical (unpaired) electrons. The van der Waals surface area contributed by atoms with Gasteiger partial charge in [0.2, 0.25) is 0 Å². The molecule has 0 heterocycles. The first-order chi connectivity index (χ1) is 13.1. The number of hydrogen-bond acceptors (Lipinski definition) is 3. The number of ether oxygens (including phenoxy) is 2. The summed E-state index contributed by atoms with van der Waals surface area (Å²) in [6.07, 6.45) is -0.578. The van der Waals surface area contributed by atoms with Crippen molar-refractivity contribution in [3.05, 3.63) is 58.1 Å². The van der Waals surface area contributed by atoms with Crippen LogP contribution in [-0.4, -0.2) is 19.1 Å². The number of aryl methyl sites for hydroxylation is 2. The SMILES string of the molecule is COc1cc(C)c([C@H](C)NC(=O)[C@H](C)Oc2cccc(C)c2C)cc1C(C)C. The van der Waals surface area contributed by atoms with Crippen LogP contribution in [0.1, 0.15) is 67.5 Å². The Morgan fingerprint density at radius 3 is 2.21 bits per heavy atom. The van der Waals surface area contributed by atoms with E-state index in [1.165, 1.54) is 0 Å². The maximum Gasteiger partial charge on any atom is 0.261 e. The Hall–Kier alpha value is -2.49. The quantitative estimate of drug-likeness (QED) is 0.697. The Morgan fingerprint density at radius 1 is 0.929 bits per heavy atom. The van der Waals surface area contributed by atoms with Gasteiger partial charge in [0.25, 0.3) is 5.91 Å². The molecule has 0 aliphatic heterocycles. The molecule has 4 nitrogen and oxygen atoms in total. The molecular weight excluding hydrogens is 350 g/mol. The first-order valence-electron chi connectivity index (χ1n) is 9.87. The highest BCUT2D eigenvalue weighted by Gasteiger charge is 2.21. The van der Waals surface area contributed by atoms with Gasteiger partial charge in [0.05, 0.1) is 13.2 Å².